The molecule has 1 aliphatic heterocycles. The molecular formula is C32H36ClN3O5. The molecule has 1 aliphatic carbocycles. The van der Waals surface area contributed by atoms with Crippen LogP contribution in [0.15, 0.2) is 70.6 Å². The third-order valence-corrected chi connectivity index (χ3v) is 8.44. The molecule has 2 aliphatic rings. The molecule has 9 heteroatoms. The van der Waals surface area contributed by atoms with E-state index in [1.54, 1.807) is 0 Å². The number of aliphatic hydroxyl groups is 2. The highest BCUT2D eigenvalue weighted by Gasteiger charge is 2.49. The molecule has 1 atom stereocenters. The van der Waals surface area contributed by atoms with E-state index in [0.717, 1.165) is 24.2 Å². The number of aliphatic hydroxyl groups excluding tert-OH is 2. The van der Waals surface area contributed by atoms with Gasteiger partial charge in [0, 0.05) is 42.9 Å². The highest BCUT2D eigenvalue weighted by atomic mass is 35.5. The highest BCUT2D eigenvalue weighted by molar-refractivity contribution is 6.31. The molecule has 2 aromatic carbocycles. The molecule has 1 amide bonds. The maximum atomic E-state index is 13.2. The Kier molecular flexibility index (Phi) is 8.54. The van der Waals surface area contributed by atoms with Gasteiger partial charge in [-0.3, -0.25) is 9.69 Å². The standard InChI is InChI=1S/C32H36ClN3O5/c1-4-34-31(39)29-28(22-10-11-23(25(33)16-22)19-36-12-14-40-15-13-36)30(41-35-29)32(20(2)3)18-24(26(37)17-27(32)38)21-8-6-5-7-9-21/h5-11,16-17,20,37-38H,4,12-15,18-19H2,1-3H3,(H,34,39). The largest absolute Gasteiger partial charge is 0.511 e. The van der Waals surface area contributed by atoms with E-state index in [4.69, 9.17) is 20.9 Å². The van der Waals surface area contributed by atoms with Crippen LogP contribution in [0.5, 0.6) is 0 Å². The Labute approximate surface area is 245 Å². The topological polar surface area (TPSA) is 108 Å². The molecular weight excluding hydrogens is 542 g/mol. The Bertz CT molecular complexity index is 1470. The molecule has 216 valence electrons. The number of nitrogens with zero attached hydrogens (tertiary/aromatic N) is 2. The first-order valence-corrected chi connectivity index (χ1v) is 14.4. The zero-order valence-corrected chi connectivity index (χ0v) is 24.4. The molecule has 0 saturated carbocycles. The van der Waals surface area contributed by atoms with E-state index in [2.05, 4.69) is 15.4 Å². The van der Waals surface area contributed by atoms with Crippen LogP contribution in [0.25, 0.3) is 16.7 Å². The third kappa shape index (κ3) is 5.52. The van der Waals surface area contributed by atoms with Crippen molar-refractivity contribution in [3.8, 4) is 11.1 Å². The van der Waals surface area contributed by atoms with Crippen molar-refractivity contribution in [3.63, 3.8) is 0 Å². The van der Waals surface area contributed by atoms with E-state index in [0.29, 0.717) is 53.8 Å². The van der Waals surface area contributed by atoms with Crippen LogP contribution in [0, 0.1) is 5.92 Å². The van der Waals surface area contributed by atoms with Gasteiger partial charge in [0.1, 0.15) is 11.5 Å². The number of nitrogens with one attached hydrogen (secondary N) is 1. The molecule has 8 nitrogen and oxygen atoms in total. The summed E-state index contributed by atoms with van der Waals surface area (Å²) in [5, 5.41) is 30.1. The van der Waals surface area contributed by atoms with Gasteiger partial charge in [-0.05, 0) is 42.0 Å². The SMILES string of the molecule is CCNC(=O)c1noc(C2(C(C)C)CC(c3ccccc3)=C(O)C=C2O)c1-c1ccc(CN2CCOCC2)c(Cl)c1. The van der Waals surface area contributed by atoms with Crippen LogP contribution < -0.4 is 5.32 Å². The van der Waals surface area contributed by atoms with Crippen molar-refractivity contribution in [2.24, 2.45) is 5.92 Å². The molecule has 5 rings (SSSR count). The first-order chi connectivity index (χ1) is 19.8. The van der Waals surface area contributed by atoms with Gasteiger partial charge in [0.25, 0.3) is 5.91 Å². The van der Waals surface area contributed by atoms with Crippen molar-refractivity contribution in [3.05, 3.63) is 93.7 Å². The monoisotopic (exact) mass is 577 g/mol. The Morgan fingerprint density at radius 1 is 1.12 bits per heavy atom. The number of rotatable bonds is 8. The number of halogens is 1. The summed E-state index contributed by atoms with van der Waals surface area (Å²) >= 11 is 6.83. The minimum atomic E-state index is -1.11. The summed E-state index contributed by atoms with van der Waals surface area (Å²) < 4.78 is 11.5. The van der Waals surface area contributed by atoms with Gasteiger partial charge in [-0.1, -0.05) is 73.1 Å². The molecule has 1 saturated heterocycles. The number of morpholine rings is 1. The van der Waals surface area contributed by atoms with Crippen molar-refractivity contribution in [1.29, 1.82) is 0 Å². The van der Waals surface area contributed by atoms with Gasteiger partial charge >= 0.3 is 0 Å². The summed E-state index contributed by atoms with van der Waals surface area (Å²) in [5.41, 5.74) is 2.60. The molecule has 3 aromatic rings. The molecule has 1 aromatic heterocycles. The molecule has 2 heterocycles. The molecule has 0 spiro atoms. The average molecular weight is 578 g/mol. The highest BCUT2D eigenvalue weighted by Crippen LogP contribution is 2.52. The smallest absolute Gasteiger partial charge is 0.274 e. The third-order valence-electron chi connectivity index (χ3n) is 8.09. The van der Waals surface area contributed by atoms with E-state index in [9.17, 15) is 15.0 Å². The maximum absolute atomic E-state index is 13.2. The first kappa shape index (κ1) is 28.9. The van der Waals surface area contributed by atoms with Crippen LogP contribution in [0.1, 0.15) is 54.6 Å². The second kappa shape index (κ2) is 12.1. The number of hydrogen-bond acceptors (Lipinski definition) is 7. The van der Waals surface area contributed by atoms with Gasteiger partial charge in [-0.25, -0.2) is 0 Å². The van der Waals surface area contributed by atoms with Crippen molar-refractivity contribution >= 4 is 23.1 Å². The number of carbonyl (C=O) groups excluding carboxylic acids is 1. The number of ether oxygens (including phenoxy) is 1. The number of carbonyl (C=O) groups is 1. The normalized spacial score (nSPS) is 19.9. The minimum Gasteiger partial charge on any atom is -0.511 e. The quantitative estimate of drug-likeness (QED) is 0.289. The zero-order valence-electron chi connectivity index (χ0n) is 23.6. The summed E-state index contributed by atoms with van der Waals surface area (Å²) in [7, 11) is 0. The fraction of sp³-hybridized carbons (Fsp3) is 0.375. The van der Waals surface area contributed by atoms with Crippen molar-refractivity contribution in [2.75, 3.05) is 32.8 Å². The summed E-state index contributed by atoms with van der Waals surface area (Å²) in [6, 6.07) is 15.3. The van der Waals surface area contributed by atoms with Gasteiger partial charge in [-0.2, -0.15) is 0 Å². The predicted octanol–water partition coefficient (Wildman–Crippen LogP) is 6.29. The van der Waals surface area contributed by atoms with Gasteiger partial charge in [0.15, 0.2) is 11.5 Å². The zero-order chi connectivity index (χ0) is 29.1. The Balaban J connectivity index is 1.64. The van der Waals surface area contributed by atoms with Gasteiger partial charge in [-0.15, -0.1) is 0 Å². The molecule has 3 N–H and O–H groups in total. The summed E-state index contributed by atoms with van der Waals surface area (Å²) in [5.74, 6) is -0.299. The van der Waals surface area contributed by atoms with E-state index in [1.165, 1.54) is 6.08 Å². The van der Waals surface area contributed by atoms with E-state index < -0.39 is 5.41 Å². The van der Waals surface area contributed by atoms with Gasteiger partial charge in [0.2, 0.25) is 0 Å². The van der Waals surface area contributed by atoms with Gasteiger partial charge in [0.05, 0.1) is 24.2 Å². The van der Waals surface area contributed by atoms with E-state index >= 15 is 0 Å². The van der Waals surface area contributed by atoms with Crippen LogP contribution in [0.4, 0.5) is 0 Å². The van der Waals surface area contributed by atoms with E-state index in [-0.39, 0.29) is 35.5 Å². The fourth-order valence-corrected chi connectivity index (χ4v) is 5.99. The number of aromatic nitrogens is 1. The Morgan fingerprint density at radius 2 is 1.85 bits per heavy atom. The fourth-order valence-electron chi connectivity index (χ4n) is 5.75. The van der Waals surface area contributed by atoms with Crippen molar-refractivity contribution < 1.29 is 24.3 Å². The van der Waals surface area contributed by atoms with Gasteiger partial charge < -0.3 is 24.8 Å². The molecule has 41 heavy (non-hydrogen) atoms. The Hall–Kier alpha value is -3.59. The van der Waals surface area contributed by atoms with Crippen LogP contribution in [0.2, 0.25) is 5.02 Å². The first-order valence-electron chi connectivity index (χ1n) is 14.0. The van der Waals surface area contributed by atoms with Crippen molar-refractivity contribution in [2.45, 2.75) is 39.2 Å². The maximum Gasteiger partial charge on any atom is 0.274 e. The lowest BCUT2D eigenvalue weighted by Gasteiger charge is -2.38. The molecule has 0 radical (unpaired) electrons. The van der Waals surface area contributed by atoms with Crippen LogP contribution in [-0.2, 0) is 16.7 Å². The van der Waals surface area contributed by atoms with E-state index in [1.807, 2.05) is 69.3 Å². The summed E-state index contributed by atoms with van der Waals surface area (Å²) in [6.07, 6.45) is 1.62. The van der Waals surface area contributed by atoms with Crippen LogP contribution >= 0.6 is 11.6 Å². The van der Waals surface area contributed by atoms with Crippen LogP contribution in [-0.4, -0.2) is 59.0 Å². The predicted molar refractivity (Wildman–Crippen MR) is 159 cm³/mol. The lowest BCUT2D eigenvalue weighted by molar-refractivity contribution is 0.0342. The Morgan fingerprint density at radius 3 is 2.51 bits per heavy atom. The number of hydrogen-bond donors (Lipinski definition) is 3. The lowest BCUT2D eigenvalue weighted by Crippen LogP contribution is -2.37. The number of amides is 1. The lowest BCUT2D eigenvalue weighted by atomic mass is 9.64. The minimum absolute atomic E-state index is 0.00880. The summed E-state index contributed by atoms with van der Waals surface area (Å²) in [6.45, 7) is 9.94. The van der Waals surface area contributed by atoms with Crippen LogP contribution in [0.3, 0.4) is 0 Å². The molecule has 0 bridgehead atoms. The molecule has 1 fully saturated rings. The number of benzene rings is 2. The second-order valence-corrected chi connectivity index (χ2v) is 11.3. The summed E-state index contributed by atoms with van der Waals surface area (Å²) in [4.78, 5) is 15.5. The second-order valence-electron chi connectivity index (χ2n) is 10.9. The number of allylic oxidation sites excluding steroid dienone is 3. The molecule has 1 unspecified atom stereocenters. The average Bonchev–Trinajstić information content (AvgIpc) is 3.41. The van der Waals surface area contributed by atoms with Crippen molar-refractivity contribution in [1.82, 2.24) is 15.4 Å².